The molecule has 29 heavy (non-hydrogen) atoms. The molecule has 0 saturated heterocycles. The zero-order chi connectivity index (χ0) is 21.7. The summed E-state index contributed by atoms with van der Waals surface area (Å²) in [5.41, 5.74) is -0.344. The van der Waals surface area contributed by atoms with Crippen LogP contribution in [0.15, 0.2) is 66.1 Å². The molecule has 0 bridgehead atoms. The molecule has 10 heteroatoms. The Labute approximate surface area is 171 Å². The van der Waals surface area contributed by atoms with Crippen molar-refractivity contribution in [1.82, 2.24) is 9.62 Å². The molecule has 0 radical (unpaired) electrons. The summed E-state index contributed by atoms with van der Waals surface area (Å²) in [6.07, 6.45) is -3.44. The minimum Gasteiger partial charge on any atom is -0.351 e. The van der Waals surface area contributed by atoms with Crippen LogP contribution in [0.1, 0.15) is 11.1 Å². The third-order valence-corrected chi connectivity index (χ3v) is 5.91. The average molecular weight is 447 g/mol. The average Bonchev–Trinajstić information content (AvgIpc) is 2.66. The molecule has 1 amide bonds. The number of nitrogens with one attached hydrogen (secondary N) is 1. The van der Waals surface area contributed by atoms with Gasteiger partial charge in [0.1, 0.15) is 0 Å². The molecule has 2 rings (SSSR count). The van der Waals surface area contributed by atoms with Crippen LogP contribution < -0.4 is 5.32 Å². The topological polar surface area (TPSA) is 66.5 Å². The standard InChI is InChI=1S/C19H18ClF3N2O3S/c1-2-10-25(13-18(26)24-12-14-6-8-16(20)9-7-14)29(27,28)17-5-3-4-15(11-17)19(21,22)23/h2-9,11H,1,10,12-13H2,(H,24,26). The lowest BCUT2D eigenvalue weighted by atomic mass is 10.2. The van der Waals surface area contributed by atoms with Crippen LogP contribution in [-0.4, -0.2) is 31.7 Å². The van der Waals surface area contributed by atoms with Crippen LogP contribution in [-0.2, 0) is 27.5 Å². The van der Waals surface area contributed by atoms with Gasteiger partial charge in [0.25, 0.3) is 0 Å². The summed E-state index contributed by atoms with van der Waals surface area (Å²) in [6, 6.07) is 10.0. The predicted molar refractivity (Wildman–Crippen MR) is 104 cm³/mol. The number of carbonyl (C=O) groups is 1. The quantitative estimate of drug-likeness (QED) is 0.626. The van der Waals surface area contributed by atoms with E-state index in [1.807, 2.05) is 0 Å². The molecular weight excluding hydrogens is 429 g/mol. The summed E-state index contributed by atoms with van der Waals surface area (Å²) < 4.78 is 65.0. The van der Waals surface area contributed by atoms with Gasteiger partial charge in [-0.15, -0.1) is 6.58 Å². The van der Waals surface area contributed by atoms with Crippen molar-refractivity contribution in [3.05, 3.63) is 77.3 Å². The van der Waals surface area contributed by atoms with Crippen LogP contribution >= 0.6 is 11.6 Å². The molecule has 0 aromatic heterocycles. The molecule has 0 aliphatic carbocycles. The number of amides is 1. The third-order valence-electron chi connectivity index (χ3n) is 3.85. The fourth-order valence-electron chi connectivity index (χ4n) is 2.39. The van der Waals surface area contributed by atoms with Crippen molar-refractivity contribution in [2.75, 3.05) is 13.1 Å². The molecule has 0 saturated carbocycles. The molecule has 5 nitrogen and oxygen atoms in total. The Hall–Kier alpha value is -2.36. The Morgan fingerprint density at radius 2 is 1.83 bits per heavy atom. The Morgan fingerprint density at radius 3 is 2.41 bits per heavy atom. The molecule has 156 valence electrons. The summed E-state index contributed by atoms with van der Waals surface area (Å²) >= 11 is 5.79. The van der Waals surface area contributed by atoms with E-state index in [0.29, 0.717) is 11.1 Å². The first-order valence-electron chi connectivity index (χ1n) is 8.33. The summed E-state index contributed by atoms with van der Waals surface area (Å²) in [5, 5.41) is 3.10. The molecule has 1 N–H and O–H groups in total. The number of carbonyl (C=O) groups excluding carboxylic acids is 1. The molecule has 0 aliphatic rings. The zero-order valence-corrected chi connectivity index (χ0v) is 16.7. The number of nitrogens with zero attached hydrogens (tertiary/aromatic N) is 1. The molecule has 0 spiro atoms. The van der Waals surface area contributed by atoms with Crippen molar-refractivity contribution in [3.63, 3.8) is 0 Å². The maximum atomic E-state index is 12.9. The van der Waals surface area contributed by atoms with Gasteiger partial charge in [-0.05, 0) is 35.9 Å². The van der Waals surface area contributed by atoms with Crippen LogP contribution in [0.4, 0.5) is 13.2 Å². The fourth-order valence-corrected chi connectivity index (χ4v) is 3.93. The lowest BCUT2D eigenvalue weighted by Crippen LogP contribution is -2.40. The Kier molecular flexibility index (Phi) is 7.45. The number of hydrogen-bond acceptors (Lipinski definition) is 3. The highest BCUT2D eigenvalue weighted by Gasteiger charge is 2.33. The number of benzene rings is 2. The van der Waals surface area contributed by atoms with Crippen LogP contribution in [0.5, 0.6) is 0 Å². The van der Waals surface area contributed by atoms with Crippen molar-refractivity contribution in [2.24, 2.45) is 0 Å². The van der Waals surface area contributed by atoms with Gasteiger partial charge in [0.15, 0.2) is 0 Å². The maximum Gasteiger partial charge on any atom is 0.416 e. The van der Waals surface area contributed by atoms with E-state index in [4.69, 9.17) is 11.6 Å². The first kappa shape index (κ1) is 22.9. The molecule has 2 aromatic rings. The van der Waals surface area contributed by atoms with Crippen molar-refractivity contribution in [3.8, 4) is 0 Å². The second kappa shape index (κ2) is 9.43. The van der Waals surface area contributed by atoms with Gasteiger partial charge in [-0.3, -0.25) is 4.79 Å². The van der Waals surface area contributed by atoms with E-state index < -0.39 is 39.1 Å². The highest BCUT2D eigenvalue weighted by molar-refractivity contribution is 7.89. The van der Waals surface area contributed by atoms with Crippen LogP contribution in [0, 0.1) is 0 Å². The van der Waals surface area contributed by atoms with Gasteiger partial charge in [-0.2, -0.15) is 17.5 Å². The number of rotatable bonds is 8. The minimum atomic E-state index is -4.69. The van der Waals surface area contributed by atoms with Gasteiger partial charge in [-0.25, -0.2) is 8.42 Å². The molecule has 0 atom stereocenters. The van der Waals surface area contributed by atoms with Crippen molar-refractivity contribution in [2.45, 2.75) is 17.6 Å². The van der Waals surface area contributed by atoms with E-state index in [0.717, 1.165) is 28.1 Å². The van der Waals surface area contributed by atoms with Crippen molar-refractivity contribution < 1.29 is 26.4 Å². The first-order chi connectivity index (χ1) is 13.5. The summed E-state index contributed by atoms with van der Waals surface area (Å²) in [4.78, 5) is 11.7. The zero-order valence-electron chi connectivity index (χ0n) is 15.1. The Bertz CT molecular complexity index is 977. The highest BCUT2D eigenvalue weighted by Crippen LogP contribution is 2.31. The smallest absolute Gasteiger partial charge is 0.351 e. The molecule has 0 fully saturated rings. The molecular formula is C19H18ClF3N2O3S. The SMILES string of the molecule is C=CCN(CC(=O)NCc1ccc(Cl)cc1)S(=O)(=O)c1cccc(C(F)(F)F)c1. The van der Waals surface area contributed by atoms with Crippen molar-refractivity contribution >= 4 is 27.5 Å². The summed E-state index contributed by atoms with van der Waals surface area (Å²) in [6.45, 7) is 2.77. The minimum absolute atomic E-state index is 0.140. The normalized spacial score (nSPS) is 12.0. The lowest BCUT2D eigenvalue weighted by Gasteiger charge is -2.21. The largest absolute Gasteiger partial charge is 0.416 e. The Balaban J connectivity index is 2.15. The number of halogens is 4. The van der Waals surface area contributed by atoms with Gasteiger partial charge in [0, 0.05) is 18.1 Å². The van der Waals surface area contributed by atoms with Gasteiger partial charge in [0.05, 0.1) is 17.0 Å². The Morgan fingerprint density at radius 1 is 1.17 bits per heavy atom. The molecule has 0 unspecified atom stereocenters. The predicted octanol–water partition coefficient (Wildman–Crippen LogP) is 3.85. The van der Waals surface area contributed by atoms with Gasteiger partial charge in [0.2, 0.25) is 15.9 Å². The van der Waals surface area contributed by atoms with Gasteiger partial charge in [-0.1, -0.05) is 35.9 Å². The highest BCUT2D eigenvalue weighted by atomic mass is 35.5. The van der Waals surface area contributed by atoms with E-state index in [1.165, 1.54) is 6.08 Å². The van der Waals surface area contributed by atoms with E-state index in [1.54, 1.807) is 24.3 Å². The number of alkyl halides is 3. The van der Waals surface area contributed by atoms with Gasteiger partial charge < -0.3 is 5.32 Å². The van der Waals surface area contributed by atoms with Crippen molar-refractivity contribution in [1.29, 1.82) is 0 Å². The molecule has 0 heterocycles. The van der Waals surface area contributed by atoms with E-state index in [2.05, 4.69) is 11.9 Å². The lowest BCUT2D eigenvalue weighted by molar-refractivity contribution is -0.137. The first-order valence-corrected chi connectivity index (χ1v) is 10.2. The maximum absolute atomic E-state index is 12.9. The second-order valence-corrected chi connectivity index (χ2v) is 8.39. The van der Waals surface area contributed by atoms with Crippen LogP contribution in [0.25, 0.3) is 0 Å². The summed E-state index contributed by atoms with van der Waals surface area (Å²) in [7, 11) is -4.35. The molecule has 2 aromatic carbocycles. The monoisotopic (exact) mass is 446 g/mol. The van der Waals surface area contributed by atoms with Gasteiger partial charge >= 0.3 is 6.18 Å². The van der Waals surface area contributed by atoms with Crippen LogP contribution in [0.2, 0.25) is 5.02 Å². The number of hydrogen-bond donors (Lipinski definition) is 1. The molecule has 0 aliphatic heterocycles. The number of sulfonamides is 1. The van der Waals surface area contributed by atoms with E-state index in [9.17, 15) is 26.4 Å². The van der Waals surface area contributed by atoms with E-state index in [-0.39, 0.29) is 13.1 Å². The fraction of sp³-hybridized carbons (Fsp3) is 0.211. The van der Waals surface area contributed by atoms with Crippen LogP contribution in [0.3, 0.4) is 0 Å². The third kappa shape index (κ3) is 6.31. The summed E-state index contributed by atoms with van der Waals surface area (Å²) in [5.74, 6) is -0.614. The second-order valence-electron chi connectivity index (χ2n) is 6.02. The van der Waals surface area contributed by atoms with E-state index >= 15 is 0 Å².